The van der Waals surface area contributed by atoms with Gasteiger partial charge in [-0.3, -0.25) is 14.9 Å². The maximum Gasteiger partial charge on any atom is 0.337 e. The van der Waals surface area contributed by atoms with Crippen molar-refractivity contribution in [3.05, 3.63) is 26.6 Å². The average molecular weight is 202 g/mol. The van der Waals surface area contributed by atoms with Crippen molar-refractivity contribution in [2.45, 2.75) is 6.61 Å². The van der Waals surface area contributed by atoms with Crippen LogP contribution in [0.2, 0.25) is 0 Å². The number of nitrogens with two attached hydrogens (primary N) is 1. The van der Waals surface area contributed by atoms with Crippen LogP contribution in [0.1, 0.15) is 15.2 Å². The van der Waals surface area contributed by atoms with Gasteiger partial charge in [0.15, 0.2) is 0 Å². The van der Waals surface area contributed by atoms with Crippen LogP contribution >= 0.6 is 11.3 Å². The Morgan fingerprint density at radius 2 is 2.38 bits per heavy atom. The Morgan fingerprint density at radius 3 is 2.69 bits per heavy atom. The van der Waals surface area contributed by atoms with Crippen molar-refractivity contribution < 1.29 is 14.8 Å². The first kappa shape index (κ1) is 9.62. The van der Waals surface area contributed by atoms with Crippen LogP contribution in [0.4, 0.5) is 5.00 Å². The summed E-state index contributed by atoms with van der Waals surface area (Å²) >= 11 is 0.746. The monoisotopic (exact) mass is 202 g/mol. The lowest BCUT2D eigenvalue weighted by atomic mass is 10.3. The van der Waals surface area contributed by atoms with Crippen molar-refractivity contribution in [3.8, 4) is 0 Å². The van der Waals surface area contributed by atoms with E-state index in [0.717, 1.165) is 11.3 Å². The molecule has 13 heavy (non-hydrogen) atoms. The van der Waals surface area contributed by atoms with Crippen molar-refractivity contribution >= 4 is 22.2 Å². The molecule has 70 valence electrons. The lowest BCUT2D eigenvalue weighted by molar-refractivity contribution is -0.380. The first-order valence-corrected chi connectivity index (χ1v) is 4.05. The normalized spacial score (nSPS) is 9.92. The number of carbonyl (C=O) groups is 1. The summed E-state index contributed by atoms with van der Waals surface area (Å²) in [4.78, 5) is 20.7. The highest BCUT2D eigenvalue weighted by molar-refractivity contribution is 7.15. The topological polar surface area (TPSA) is 106 Å². The molecule has 0 aliphatic carbocycles. The van der Waals surface area contributed by atoms with Crippen LogP contribution in [0.15, 0.2) is 6.07 Å². The fourth-order valence-corrected chi connectivity index (χ4v) is 1.66. The number of thiophene rings is 1. The summed E-state index contributed by atoms with van der Waals surface area (Å²) in [6, 6.07) is 1.23. The maximum atomic E-state index is 10.7. The number of aliphatic hydroxyl groups is 1. The highest BCUT2D eigenvalue weighted by Gasteiger charge is 2.22. The maximum absolute atomic E-state index is 10.7. The van der Waals surface area contributed by atoms with Crippen LogP contribution in [0.3, 0.4) is 0 Å². The lowest BCUT2D eigenvalue weighted by Crippen LogP contribution is -2.11. The molecule has 7 heteroatoms. The van der Waals surface area contributed by atoms with E-state index in [1.54, 1.807) is 0 Å². The second-order valence-corrected chi connectivity index (χ2v) is 3.33. The standard InChI is InChI=1S/C6H6N2O4S/c7-5(10)4-1-3(2-9)13-6(4)8(11)12/h1,9H,2H2,(H2,7,10). The molecule has 0 saturated carbocycles. The van der Waals surface area contributed by atoms with Gasteiger partial charge in [0.2, 0.25) is 0 Å². The van der Waals surface area contributed by atoms with Crippen LogP contribution in [0, 0.1) is 10.1 Å². The molecule has 0 fully saturated rings. The molecule has 1 aromatic rings. The summed E-state index contributed by atoms with van der Waals surface area (Å²) in [6.07, 6.45) is 0. The van der Waals surface area contributed by atoms with Crippen LogP contribution in [-0.2, 0) is 6.61 Å². The smallest absolute Gasteiger partial charge is 0.337 e. The van der Waals surface area contributed by atoms with Crippen molar-refractivity contribution in [1.82, 2.24) is 0 Å². The number of hydrogen-bond donors (Lipinski definition) is 2. The van der Waals surface area contributed by atoms with E-state index in [4.69, 9.17) is 10.8 Å². The van der Waals surface area contributed by atoms with Gasteiger partial charge in [0.25, 0.3) is 5.91 Å². The molecule has 0 atom stereocenters. The molecule has 0 aliphatic heterocycles. The predicted molar refractivity (Wildman–Crippen MR) is 45.4 cm³/mol. The number of primary amides is 1. The van der Waals surface area contributed by atoms with Crippen LogP contribution in [-0.4, -0.2) is 15.9 Å². The summed E-state index contributed by atoms with van der Waals surface area (Å²) < 4.78 is 0. The molecule has 0 unspecified atom stereocenters. The second-order valence-electron chi connectivity index (χ2n) is 2.21. The van der Waals surface area contributed by atoms with E-state index in [1.807, 2.05) is 0 Å². The molecule has 0 aliphatic rings. The lowest BCUT2D eigenvalue weighted by Gasteiger charge is -1.87. The third-order valence-corrected chi connectivity index (χ3v) is 2.42. The van der Waals surface area contributed by atoms with E-state index < -0.39 is 10.8 Å². The molecule has 0 saturated heterocycles. The largest absolute Gasteiger partial charge is 0.391 e. The Kier molecular flexibility index (Phi) is 2.59. The quantitative estimate of drug-likeness (QED) is 0.541. The summed E-state index contributed by atoms with van der Waals surface area (Å²) in [7, 11) is 0. The molecule has 1 amide bonds. The van der Waals surface area contributed by atoms with Gasteiger partial charge in [0.05, 0.1) is 11.5 Å². The van der Waals surface area contributed by atoms with Crippen LogP contribution in [0.5, 0.6) is 0 Å². The Morgan fingerprint density at radius 1 is 1.77 bits per heavy atom. The zero-order chi connectivity index (χ0) is 10.0. The second kappa shape index (κ2) is 3.50. The van der Waals surface area contributed by atoms with E-state index in [-0.39, 0.29) is 17.2 Å². The molecule has 0 bridgehead atoms. The molecule has 1 heterocycles. The van der Waals surface area contributed by atoms with Gasteiger partial charge in [-0.25, -0.2) is 0 Å². The molecule has 6 nitrogen and oxygen atoms in total. The SMILES string of the molecule is NC(=O)c1cc(CO)sc1[N+](=O)[O-]. The first-order chi connectivity index (χ1) is 6.06. The van der Waals surface area contributed by atoms with Crippen LogP contribution < -0.4 is 5.73 Å². The number of rotatable bonds is 3. The van der Waals surface area contributed by atoms with E-state index >= 15 is 0 Å². The van der Waals surface area contributed by atoms with E-state index in [2.05, 4.69) is 0 Å². The van der Waals surface area contributed by atoms with E-state index in [0.29, 0.717) is 4.88 Å². The third-order valence-electron chi connectivity index (χ3n) is 1.35. The number of hydrogen-bond acceptors (Lipinski definition) is 5. The number of aliphatic hydroxyl groups excluding tert-OH is 1. The predicted octanol–water partition coefficient (Wildman–Crippen LogP) is 0.247. The Bertz CT molecular complexity index is 328. The molecule has 0 aromatic carbocycles. The van der Waals surface area contributed by atoms with Gasteiger partial charge in [-0.05, 0) is 6.07 Å². The minimum Gasteiger partial charge on any atom is -0.391 e. The molecular weight excluding hydrogens is 196 g/mol. The number of amides is 1. The van der Waals surface area contributed by atoms with Gasteiger partial charge >= 0.3 is 5.00 Å². The summed E-state index contributed by atoms with van der Waals surface area (Å²) in [6.45, 7) is -0.335. The Labute approximate surface area is 76.8 Å². The van der Waals surface area contributed by atoms with Crippen molar-refractivity contribution in [2.75, 3.05) is 0 Å². The highest BCUT2D eigenvalue weighted by atomic mass is 32.1. The van der Waals surface area contributed by atoms with Gasteiger partial charge < -0.3 is 10.8 Å². The first-order valence-electron chi connectivity index (χ1n) is 3.24. The molecule has 1 aromatic heterocycles. The van der Waals surface area contributed by atoms with Crippen molar-refractivity contribution in [1.29, 1.82) is 0 Å². The number of nitrogens with zero attached hydrogens (tertiary/aromatic N) is 1. The zero-order valence-corrected chi connectivity index (χ0v) is 7.21. The fourth-order valence-electron chi connectivity index (χ4n) is 0.821. The summed E-state index contributed by atoms with van der Waals surface area (Å²) in [5, 5.41) is 18.7. The Balaban J connectivity index is 3.23. The zero-order valence-electron chi connectivity index (χ0n) is 6.39. The summed E-state index contributed by atoms with van der Waals surface area (Å²) in [5.41, 5.74) is 4.75. The van der Waals surface area contributed by atoms with Crippen molar-refractivity contribution in [2.24, 2.45) is 5.73 Å². The van der Waals surface area contributed by atoms with E-state index in [9.17, 15) is 14.9 Å². The van der Waals surface area contributed by atoms with Gasteiger partial charge in [0.1, 0.15) is 5.56 Å². The highest BCUT2D eigenvalue weighted by Crippen LogP contribution is 2.29. The van der Waals surface area contributed by atoms with Gasteiger partial charge in [-0.2, -0.15) is 0 Å². The number of carbonyl (C=O) groups excluding carboxylic acids is 1. The van der Waals surface area contributed by atoms with Crippen molar-refractivity contribution in [3.63, 3.8) is 0 Å². The molecule has 0 radical (unpaired) electrons. The average Bonchev–Trinajstić information content (AvgIpc) is 2.47. The number of nitro groups is 1. The molecule has 0 spiro atoms. The fraction of sp³-hybridized carbons (Fsp3) is 0.167. The Hall–Kier alpha value is -1.47. The molecule has 3 N–H and O–H groups in total. The summed E-state index contributed by atoms with van der Waals surface area (Å²) in [5.74, 6) is -0.859. The third kappa shape index (κ3) is 1.82. The van der Waals surface area contributed by atoms with E-state index in [1.165, 1.54) is 6.07 Å². The minimum atomic E-state index is -0.859. The molecule has 1 rings (SSSR count). The van der Waals surface area contributed by atoms with Gasteiger partial charge in [-0.1, -0.05) is 11.3 Å². The van der Waals surface area contributed by atoms with Gasteiger partial charge in [-0.15, -0.1) is 0 Å². The van der Waals surface area contributed by atoms with Crippen LogP contribution in [0.25, 0.3) is 0 Å². The molecular formula is C6H6N2O4S. The van der Waals surface area contributed by atoms with Gasteiger partial charge in [0, 0.05) is 4.88 Å². The minimum absolute atomic E-state index is 0.154.